The minimum atomic E-state index is 0.183. The molecule has 0 bridgehead atoms. The van der Waals surface area contributed by atoms with Crippen molar-refractivity contribution in [1.82, 2.24) is 4.90 Å². The summed E-state index contributed by atoms with van der Waals surface area (Å²) in [7, 11) is 2.00. The van der Waals surface area contributed by atoms with Crippen molar-refractivity contribution in [3.63, 3.8) is 0 Å². The molecule has 0 radical (unpaired) electrons. The van der Waals surface area contributed by atoms with Crippen LogP contribution in [0.5, 0.6) is 0 Å². The summed E-state index contributed by atoms with van der Waals surface area (Å²) in [6.07, 6.45) is 0.528. The number of hydrogen-bond donors (Lipinski definition) is 0. The molecule has 1 heterocycles. The van der Waals surface area contributed by atoms with Gasteiger partial charge in [0, 0.05) is 18.5 Å². The molecular weight excluding hydrogens is 238 g/mol. The van der Waals surface area contributed by atoms with E-state index >= 15 is 0 Å². The normalized spacial score (nSPS) is 10.9. The lowest BCUT2D eigenvalue weighted by atomic mass is 10.1. The molecule has 0 spiro atoms. The Bertz CT molecular complexity index is 531. The van der Waals surface area contributed by atoms with Gasteiger partial charge in [-0.1, -0.05) is 30.3 Å². The van der Waals surface area contributed by atoms with E-state index in [4.69, 9.17) is 4.42 Å². The van der Waals surface area contributed by atoms with Crippen LogP contribution in [-0.4, -0.2) is 24.3 Å². The highest BCUT2D eigenvalue weighted by atomic mass is 16.3. The molecule has 0 aliphatic heterocycles. The third kappa shape index (κ3) is 4.07. The average Bonchev–Trinajstić information content (AvgIpc) is 2.82. The highest BCUT2D eigenvalue weighted by Gasteiger charge is 2.08. The summed E-state index contributed by atoms with van der Waals surface area (Å²) in [4.78, 5) is 14.1. The van der Waals surface area contributed by atoms with Gasteiger partial charge in [-0.2, -0.15) is 0 Å². The zero-order valence-corrected chi connectivity index (χ0v) is 11.4. The first kappa shape index (κ1) is 13.6. The lowest BCUT2D eigenvalue weighted by Crippen LogP contribution is -2.21. The summed E-state index contributed by atoms with van der Waals surface area (Å²) in [5.41, 5.74) is 0.782. The number of Topliss-reactive ketones (excluding diaryl/α,β-unsaturated/α-hetero) is 1. The molecule has 100 valence electrons. The van der Waals surface area contributed by atoms with Gasteiger partial charge in [0.2, 0.25) is 0 Å². The topological polar surface area (TPSA) is 33.5 Å². The zero-order valence-electron chi connectivity index (χ0n) is 11.4. The molecule has 1 aromatic carbocycles. The predicted molar refractivity (Wildman–Crippen MR) is 75.2 cm³/mol. The van der Waals surface area contributed by atoms with Crippen LogP contribution in [0.1, 0.15) is 28.3 Å². The van der Waals surface area contributed by atoms with Gasteiger partial charge in [0.15, 0.2) is 5.78 Å². The molecular formula is C16H19NO2. The lowest BCUT2D eigenvalue weighted by Gasteiger charge is -2.14. The quantitative estimate of drug-likeness (QED) is 0.744. The van der Waals surface area contributed by atoms with Crippen molar-refractivity contribution in [3.8, 4) is 0 Å². The van der Waals surface area contributed by atoms with Crippen molar-refractivity contribution in [2.24, 2.45) is 0 Å². The Balaban J connectivity index is 1.80. The van der Waals surface area contributed by atoms with E-state index in [-0.39, 0.29) is 5.78 Å². The van der Waals surface area contributed by atoms with Crippen molar-refractivity contribution in [3.05, 3.63) is 59.5 Å². The maximum Gasteiger partial charge on any atom is 0.164 e. The number of rotatable bonds is 6. The maximum atomic E-state index is 12.0. The van der Waals surface area contributed by atoms with Crippen LogP contribution in [0.4, 0.5) is 0 Å². The molecule has 0 unspecified atom stereocenters. The van der Waals surface area contributed by atoms with E-state index in [2.05, 4.69) is 4.90 Å². The van der Waals surface area contributed by atoms with Gasteiger partial charge in [-0.05, 0) is 26.1 Å². The molecule has 0 atom stereocenters. The van der Waals surface area contributed by atoms with E-state index < -0.39 is 0 Å². The third-order valence-electron chi connectivity index (χ3n) is 3.04. The summed E-state index contributed by atoms with van der Waals surface area (Å²) >= 11 is 0. The third-order valence-corrected chi connectivity index (χ3v) is 3.04. The van der Waals surface area contributed by atoms with Crippen LogP contribution in [-0.2, 0) is 6.54 Å². The molecule has 0 N–H and O–H groups in total. The lowest BCUT2D eigenvalue weighted by molar-refractivity contribution is 0.0966. The maximum absolute atomic E-state index is 12.0. The first-order valence-electron chi connectivity index (χ1n) is 6.47. The number of carbonyl (C=O) groups excluding carboxylic acids is 1. The molecule has 2 aromatic rings. The second-order valence-corrected chi connectivity index (χ2v) is 4.79. The fraction of sp³-hybridized carbons (Fsp3) is 0.312. The number of aryl methyl sites for hydroxylation is 1. The number of ketones is 1. The van der Waals surface area contributed by atoms with Crippen LogP contribution >= 0.6 is 0 Å². The Labute approximate surface area is 113 Å². The van der Waals surface area contributed by atoms with Gasteiger partial charge < -0.3 is 4.42 Å². The van der Waals surface area contributed by atoms with E-state index in [1.165, 1.54) is 0 Å². The van der Waals surface area contributed by atoms with E-state index in [9.17, 15) is 4.79 Å². The van der Waals surface area contributed by atoms with Gasteiger partial charge in [-0.3, -0.25) is 9.69 Å². The number of hydrogen-bond acceptors (Lipinski definition) is 3. The number of furan rings is 1. The van der Waals surface area contributed by atoms with Crippen LogP contribution in [0.15, 0.2) is 46.9 Å². The van der Waals surface area contributed by atoms with Crippen LogP contribution in [0.25, 0.3) is 0 Å². The van der Waals surface area contributed by atoms with Crippen LogP contribution in [0.3, 0.4) is 0 Å². The first-order chi connectivity index (χ1) is 9.15. The van der Waals surface area contributed by atoms with Crippen LogP contribution in [0.2, 0.25) is 0 Å². The second kappa shape index (κ2) is 6.34. The van der Waals surface area contributed by atoms with Gasteiger partial charge >= 0.3 is 0 Å². The van der Waals surface area contributed by atoms with Crippen molar-refractivity contribution >= 4 is 5.78 Å². The molecule has 2 rings (SSSR count). The number of benzene rings is 1. The molecule has 0 aliphatic rings. The standard InChI is InChI=1S/C16H19NO2/c1-13-8-9-15(19-13)12-17(2)11-10-16(18)14-6-4-3-5-7-14/h3-9H,10-12H2,1-2H3. The second-order valence-electron chi connectivity index (χ2n) is 4.79. The predicted octanol–water partition coefficient (Wildman–Crippen LogP) is 3.29. The van der Waals surface area contributed by atoms with Crippen molar-refractivity contribution < 1.29 is 9.21 Å². The van der Waals surface area contributed by atoms with Gasteiger partial charge in [0.1, 0.15) is 11.5 Å². The molecule has 1 aromatic heterocycles. The molecule has 0 fully saturated rings. The Morgan fingerprint density at radius 3 is 2.53 bits per heavy atom. The molecule has 0 aliphatic carbocycles. The molecule has 0 saturated carbocycles. The fourth-order valence-corrected chi connectivity index (χ4v) is 1.98. The van der Waals surface area contributed by atoms with Gasteiger partial charge in [-0.25, -0.2) is 0 Å². The molecule has 0 saturated heterocycles. The molecule has 3 nitrogen and oxygen atoms in total. The minimum absolute atomic E-state index is 0.183. The van der Waals surface area contributed by atoms with Crippen molar-refractivity contribution in [2.75, 3.05) is 13.6 Å². The van der Waals surface area contributed by atoms with Crippen molar-refractivity contribution in [1.29, 1.82) is 0 Å². The number of carbonyl (C=O) groups is 1. The fourth-order valence-electron chi connectivity index (χ4n) is 1.98. The van der Waals surface area contributed by atoms with Gasteiger partial charge in [0.25, 0.3) is 0 Å². The number of nitrogens with zero attached hydrogens (tertiary/aromatic N) is 1. The summed E-state index contributed by atoms with van der Waals surface area (Å²) in [5, 5.41) is 0. The van der Waals surface area contributed by atoms with E-state index in [1.807, 2.05) is 56.4 Å². The molecule has 0 amide bonds. The van der Waals surface area contributed by atoms with Crippen molar-refractivity contribution in [2.45, 2.75) is 19.9 Å². The summed E-state index contributed by atoms with van der Waals surface area (Å²) in [5.74, 6) is 2.04. The van der Waals surface area contributed by atoms with E-state index in [0.717, 1.165) is 30.2 Å². The summed E-state index contributed by atoms with van der Waals surface area (Å²) in [6.45, 7) is 3.39. The first-order valence-corrected chi connectivity index (χ1v) is 6.47. The van der Waals surface area contributed by atoms with Gasteiger partial charge in [-0.15, -0.1) is 0 Å². The SMILES string of the molecule is Cc1ccc(CN(C)CCC(=O)c2ccccc2)o1. The highest BCUT2D eigenvalue weighted by Crippen LogP contribution is 2.09. The molecule has 19 heavy (non-hydrogen) atoms. The Kier molecular flexibility index (Phi) is 4.53. The Morgan fingerprint density at radius 1 is 1.16 bits per heavy atom. The van der Waals surface area contributed by atoms with Gasteiger partial charge in [0.05, 0.1) is 6.54 Å². The molecule has 3 heteroatoms. The smallest absolute Gasteiger partial charge is 0.164 e. The van der Waals surface area contributed by atoms with E-state index in [0.29, 0.717) is 6.42 Å². The van der Waals surface area contributed by atoms with E-state index in [1.54, 1.807) is 0 Å². The zero-order chi connectivity index (χ0) is 13.7. The Morgan fingerprint density at radius 2 is 1.89 bits per heavy atom. The minimum Gasteiger partial charge on any atom is -0.465 e. The average molecular weight is 257 g/mol. The summed E-state index contributed by atoms with van der Waals surface area (Å²) < 4.78 is 5.52. The van der Waals surface area contributed by atoms with Crippen LogP contribution in [0, 0.1) is 6.92 Å². The highest BCUT2D eigenvalue weighted by molar-refractivity contribution is 5.96. The largest absolute Gasteiger partial charge is 0.465 e. The van der Waals surface area contributed by atoms with Crippen LogP contribution < -0.4 is 0 Å². The monoisotopic (exact) mass is 257 g/mol. The summed E-state index contributed by atoms with van der Waals surface area (Å²) in [6, 6.07) is 13.4. The Hall–Kier alpha value is -1.87.